The van der Waals surface area contributed by atoms with Crippen molar-refractivity contribution in [1.82, 2.24) is 15.1 Å². The van der Waals surface area contributed by atoms with E-state index in [9.17, 15) is 14.4 Å². The van der Waals surface area contributed by atoms with Crippen LogP contribution in [0.2, 0.25) is 0 Å². The van der Waals surface area contributed by atoms with Crippen LogP contribution in [0.3, 0.4) is 0 Å². The van der Waals surface area contributed by atoms with Crippen LogP contribution in [-0.4, -0.2) is 71.0 Å². The maximum Gasteiger partial charge on any atom is 0.254 e. The largest absolute Gasteiger partial charge is 0.394 e. The number of fused-ring (bicyclic) bond motifs is 1. The van der Waals surface area contributed by atoms with Crippen molar-refractivity contribution >= 4 is 17.7 Å². The van der Waals surface area contributed by atoms with Gasteiger partial charge in [0.25, 0.3) is 5.91 Å². The van der Waals surface area contributed by atoms with E-state index < -0.39 is 18.7 Å². The SMILES string of the molecule is Cc1cccc(C(=O)N2CCN3C(=O)[C@@H](CO)NC(=O)[C@H]3C2)c1. The quantitative estimate of drug-likeness (QED) is 0.743. The third-order valence-electron chi connectivity index (χ3n) is 4.32. The van der Waals surface area contributed by atoms with Gasteiger partial charge in [0.2, 0.25) is 11.8 Å². The number of aliphatic hydroxyl groups excluding tert-OH is 1. The molecule has 0 radical (unpaired) electrons. The van der Waals surface area contributed by atoms with Crippen LogP contribution < -0.4 is 5.32 Å². The van der Waals surface area contributed by atoms with Crippen molar-refractivity contribution in [2.45, 2.75) is 19.0 Å². The van der Waals surface area contributed by atoms with E-state index in [4.69, 9.17) is 5.11 Å². The van der Waals surface area contributed by atoms with Gasteiger partial charge in [0.05, 0.1) is 13.2 Å². The van der Waals surface area contributed by atoms with Gasteiger partial charge in [-0.2, -0.15) is 0 Å². The van der Waals surface area contributed by atoms with Crippen molar-refractivity contribution in [2.24, 2.45) is 0 Å². The van der Waals surface area contributed by atoms with Crippen LogP contribution in [0.1, 0.15) is 15.9 Å². The minimum absolute atomic E-state index is 0.141. The number of benzene rings is 1. The summed E-state index contributed by atoms with van der Waals surface area (Å²) in [6.45, 7) is 2.34. The zero-order chi connectivity index (χ0) is 16.6. The average Bonchev–Trinajstić information content (AvgIpc) is 2.57. The minimum atomic E-state index is -0.877. The van der Waals surface area contributed by atoms with Crippen LogP contribution in [0, 0.1) is 6.92 Å². The Bertz CT molecular complexity index is 660. The second kappa shape index (κ2) is 6.00. The van der Waals surface area contributed by atoms with E-state index >= 15 is 0 Å². The van der Waals surface area contributed by atoms with Gasteiger partial charge in [-0.1, -0.05) is 17.7 Å². The van der Waals surface area contributed by atoms with Crippen molar-refractivity contribution in [2.75, 3.05) is 26.2 Å². The van der Waals surface area contributed by atoms with Crippen LogP contribution in [0.5, 0.6) is 0 Å². The highest BCUT2D eigenvalue weighted by atomic mass is 16.3. The number of carbonyl (C=O) groups is 3. The van der Waals surface area contributed by atoms with E-state index in [1.165, 1.54) is 4.90 Å². The summed E-state index contributed by atoms with van der Waals surface area (Å²) in [4.78, 5) is 40.0. The maximum atomic E-state index is 12.6. The summed E-state index contributed by atoms with van der Waals surface area (Å²) < 4.78 is 0. The highest BCUT2D eigenvalue weighted by Crippen LogP contribution is 2.18. The summed E-state index contributed by atoms with van der Waals surface area (Å²) in [5.74, 6) is -0.761. The van der Waals surface area contributed by atoms with Gasteiger partial charge in [0, 0.05) is 18.7 Å². The fourth-order valence-corrected chi connectivity index (χ4v) is 3.07. The van der Waals surface area contributed by atoms with E-state index in [0.29, 0.717) is 18.7 Å². The molecular formula is C16H19N3O4. The number of nitrogens with one attached hydrogen (secondary N) is 1. The van der Waals surface area contributed by atoms with Crippen LogP contribution in [0.4, 0.5) is 0 Å². The Morgan fingerprint density at radius 1 is 1.35 bits per heavy atom. The molecule has 7 nitrogen and oxygen atoms in total. The number of hydrogen-bond donors (Lipinski definition) is 2. The number of aryl methyl sites for hydroxylation is 1. The number of rotatable bonds is 2. The molecule has 2 saturated heterocycles. The molecule has 2 aliphatic rings. The number of carbonyl (C=O) groups excluding carboxylic acids is 3. The summed E-state index contributed by atoms with van der Waals surface area (Å²) in [6, 6.07) is 5.72. The fourth-order valence-electron chi connectivity index (χ4n) is 3.07. The van der Waals surface area contributed by atoms with E-state index in [1.807, 2.05) is 25.1 Å². The van der Waals surface area contributed by atoms with Crippen molar-refractivity contribution < 1.29 is 19.5 Å². The number of nitrogens with zero attached hydrogens (tertiary/aromatic N) is 2. The summed E-state index contributed by atoms with van der Waals surface area (Å²) >= 11 is 0. The molecule has 2 heterocycles. The highest BCUT2D eigenvalue weighted by molar-refractivity contribution is 5.99. The number of piperazine rings is 2. The molecule has 2 N–H and O–H groups in total. The Labute approximate surface area is 133 Å². The Kier molecular flexibility index (Phi) is 4.04. The summed E-state index contributed by atoms with van der Waals surface area (Å²) in [7, 11) is 0. The fraction of sp³-hybridized carbons (Fsp3) is 0.438. The van der Waals surface area contributed by atoms with Gasteiger partial charge >= 0.3 is 0 Å². The molecule has 3 rings (SSSR count). The number of aliphatic hydroxyl groups is 1. The molecule has 2 fully saturated rings. The Balaban J connectivity index is 1.76. The second-order valence-corrected chi connectivity index (χ2v) is 5.91. The third kappa shape index (κ3) is 2.79. The van der Waals surface area contributed by atoms with Gasteiger partial charge in [0.1, 0.15) is 12.1 Å². The van der Waals surface area contributed by atoms with Gasteiger partial charge in [0.15, 0.2) is 0 Å². The minimum Gasteiger partial charge on any atom is -0.394 e. The Hall–Kier alpha value is -2.41. The first-order valence-electron chi connectivity index (χ1n) is 7.59. The molecule has 23 heavy (non-hydrogen) atoms. The first-order chi connectivity index (χ1) is 11.0. The lowest BCUT2D eigenvalue weighted by Gasteiger charge is -2.44. The first kappa shape index (κ1) is 15.5. The molecule has 7 heteroatoms. The highest BCUT2D eigenvalue weighted by Gasteiger charge is 2.44. The lowest BCUT2D eigenvalue weighted by molar-refractivity contribution is -0.153. The second-order valence-electron chi connectivity index (χ2n) is 5.91. The maximum absolute atomic E-state index is 12.6. The molecule has 0 aromatic heterocycles. The molecule has 122 valence electrons. The van der Waals surface area contributed by atoms with Gasteiger partial charge in [-0.25, -0.2) is 0 Å². The van der Waals surface area contributed by atoms with Crippen molar-refractivity contribution in [3.63, 3.8) is 0 Å². The van der Waals surface area contributed by atoms with Crippen LogP contribution >= 0.6 is 0 Å². The molecule has 1 aromatic carbocycles. The molecule has 0 unspecified atom stereocenters. The van der Waals surface area contributed by atoms with E-state index in [2.05, 4.69) is 5.32 Å². The summed E-state index contributed by atoms with van der Waals surface area (Å²) in [5.41, 5.74) is 1.57. The molecule has 2 aliphatic heterocycles. The van der Waals surface area contributed by atoms with E-state index in [0.717, 1.165) is 5.56 Å². The van der Waals surface area contributed by atoms with Gasteiger partial charge in [-0.15, -0.1) is 0 Å². The summed E-state index contributed by atoms with van der Waals surface area (Å²) in [6.07, 6.45) is 0. The molecule has 0 bridgehead atoms. The van der Waals surface area contributed by atoms with Gasteiger partial charge < -0.3 is 20.2 Å². The standard InChI is InChI=1S/C16H19N3O4/c1-10-3-2-4-11(7-10)15(22)18-5-6-19-13(8-18)14(21)17-12(9-20)16(19)23/h2-4,7,12-13,20H,5-6,8-9H2,1H3,(H,17,21)/t12-,13-/m1/s1. The lowest BCUT2D eigenvalue weighted by Crippen LogP contribution is -2.70. The first-order valence-corrected chi connectivity index (χ1v) is 7.59. The van der Waals surface area contributed by atoms with Gasteiger partial charge in [-0.3, -0.25) is 14.4 Å². The zero-order valence-corrected chi connectivity index (χ0v) is 12.9. The molecule has 2 atom stereocenters. The van der Waals surface area contributed by atoms with Crippen LogP contribution in [0.15, 0.2) is 24.3 Å². The van der Waals surface area contributed by atoms with E-state index in [-0.39, 0.29) is 24.3 Å². The van der Waals surface area contributed by atoms with Crippen molar-refractivity contribution in [1.29, 1.82) is 0 Å². The molecule has 0 aliphatic carbocycles. The normalized spacial score (nSPS) is 24.3. The monoisotopic (exact) mass is 317 g/mol. The molecule has 1 aromatic rings. The van der Waals surface area contributed by atoms with Crippen LogP contribution in [0.25, 0.3) is 0 Å². The third-order valence-corrected chi connectivity index (χ3v) is 4.32. The average molecular weight is 317 g/mol. The topological polar surface area (TPSA) is 90.0 Å². The summed E-state index contributed by atoms with van der Waals surface area (Å²) in [5, 5.41) is 11.7. The molecule has 0 spiro atoms. The number of amides is 3. The van der Waals surface area contributed by atoms with E-state index in [1.54, 1.807) is 11.0 Å². The van der Waals surface area contributed by atoms with Crippen molar-refractivity contribution in [3.05, 3.63) is 35.4 Å². The zero-order valence-electron chi connectivity index (χ0n) is 12.9. The van der Waals surface area contributed by atoms with Gasteiger partial charge in [-0.05, 0) is 19.1 Å². The van der Waals surface area contributed by atoms with Crippen molar-refractivity contribution in [3.8, 4) is 0 Å². The predicted octanol–water partition coefficient (Wildman–Crippen LogP) is -0.861. The smallest absolute Gasteiger partial charge is 0.254 e. The Morgan fingerprint density at radius 2 is 2.13 bits per heavy atom. The lowest BCUT2D eigenvalue weighted by atomic mass is 10.0. The number of hydrogen-bond acceptors (Lipinski definition) is 4. The van der Waals surface area contributed by atoms with Crippen LogP contribution in [-0.2, 0) is 9.59 Å². The molecule has 3 amide bonds. The Morgan fingerprint density at radius 3 is 2.83 bits per heavy atom. The molecule has 0 saturated carbocycles. The molecular weight excluding hydrogens is 298 g/mol. The predicted molar refractivity (Wildman–Crippen MR) is 81.6 cm³/mol.